The molecule has 1 heterocycles. The van der Waals surface area contributed by atoms with E-state index in [4.69, 9.17) is 14.2 Å². The minimum atomic E-state index is -1.42. The Labute approximate surface area is 203 Å². The van der Waals surface area contributed by atoms with E-state index in [0.29, 0.717) is 6.41 Å². The third kappa shape index (κ3) is 6.93. The first-order valence-corrected chi connectivity index (χ1v) is 11.4. The van der Waals surface area contributed by atoms with Gasteiger partial charge in [0.25, 0.3) is 5.91 Å². The van der Waals surface area contributed by atoms with Crippen molar-refractivity contribution in [3.63, 3.8) is 0 Å². The van der Waals surface area contributed by atoms with E-state index in [9.17, 15) is 29.1 Å². The van der Waals surface area contributed by atoms with Crippen molar-refractivity contribution >= 4 is 35.9 Å². The molecule has 192 valence electrons. The largest absolute Gasteiger partial charge is 0.505 e. The van der Waals surface area contributed by atoms with Crippen LogP contribution in [0.15, 0.2) is 18.2 Å². The Morgan fingerprint density at radius 3 is 2.40 bits per heavy atom. The van der Waals surface area contributed by atoms with Crippen molar-refractivity contribution < 1.29 is 43.3 Å². The number of hydrogen-bond donors (Lipinski definition) is 3. The summed E-state index contributed by atoms with van der Waals surface area (Å²) in [5.41, 5.74) is -0.224. The summed E-state index contributed by atoms with van der Waals surface area (Å²) < 4.78 is 16.5. The fourth-order valence-electron chi connectivity index (χ4n) is 3.73. The lowest BCUT2D eigenvalue weighted by molar-refractivity contribution is -0.175. The molecule has 0 aromatic heterocycles. The van der Waals surface area contributed by atoms with E-state index < -0.39 is 59.8 Å². The number of rotatable bonds is 8. The van der Waals surface area contributed by atoms with Crippen molar-refractivity contribution in [3.8, 4) is 5.75 Å². The number of carbonyl (C=O) groups excluding carboxylic acids is 5. The zero-order chi connectivity index (χ0) is 26.3. The molecule has 0 bridgehead atoms. The maximum atomic E-state index is 13.0. The molecule has 0 spiro atoms. The van der Waals surface area contributed by atoms with Crippen molar-refractivity contribution in [2.45, 2.75) is 71.8 Å². The molecular weight excluding hydrogens is 460 g/mol. The van der Waals surface area contributed by atoms with Crippen LogP contribution in [0, 0.1) is 11.8 Å². The van der Waals surface area contributed by atoms with Crippen LogP contribution in [0.2, 0.25) is 0 Å². The summed E-state index contributed by atoms with van der Waals surface area (Å²) in [4.78, 5) is 61.8. The highest BCUT2D eigenvalue weighted by Gasteiger charge is 2.43. The molecular formula is C24H32N2O9. The van der Waals surface area contributed by atoms with Gasteiger partial charge in [0.05, 0.1) is 17.2 Å². The van der Waals surface area contributed by atoms with Gasteiger partial charge < -0.3 is 30.0 Å². The predicted molar refractivity (Wildman–Crippen MR) is 123 cm³/mol. The molecule has 1 aliphatic rings. The van der Waals surface area contributed by atoms with Crippen LogP contribution < -0.4 is 10.6 Å². The minimum Gasteiger partial charge on any atom is -0.505 e. The summed E-state index contributed by atoms with van der Waals surface area (Å²) in [6, 6.07) is 2.68. The quantitative estimate of drug-likeness (QED) is 0.213. The molecule has 11 nitrogen and oxygen atoms in total. The van der Waals surface area contributed by atoms with Gasteiger partial charge in [-0.1, -0.05) is 26.8 Å². The highest BCUT2D eigenvalue weighted by molar-refractivity contribution is 6.01. The molecule has 35 heavy (non-hydrogen) atoms. The molecule has 1 aromatic carbocycles. The molecule has 0 saturated carbocycles. The Morgan fingerprint density at radius 2 is 1.80 bits per heavy atom. The van der Waals surface area contributed by atoms with Gasteiger partial charge in [-0.3, -0.25) is 19.2 Å². The second-order valence-corrected chi connectivity index (χ2v) is 8.77. The van der Waals surface area contributed by atoms with Crippen LogP contribution in [-0.4, -0.2) is 59.7 Å². The number of carbonyl (C=O) groups is 5. The van der Waals surface area contributed by atoms with Crippen molar-refractivity contribution in [1.29, 1.82) is 0 Å². The highest BCUT2D eigenvalue weighted by Crippen LogP contribution is 2.28. The molecule has 1 aliphatic heterocycles. The number of para-hydroxylation sites is 1. The summed E-state index contributed by atoms with van der Waals surface area (Å²) in [5, 5.41) is 15.0. The van der Waals surface area contributed by atoms with E-state index in [1.54, 1.807) is 6.92 Å². The molecule has 1 aromatic rings. The van der Waals surface area contributed by atoms with Crippen LogP contribution in [-0.2, 0) is 33.4 Å². The highest BCUT2D eigenvalue weighted by atomic mass is 16.6. The molecule has 0 radical (unpaired) electrons. The Morgan fingerprint density at radius 1 is 1.14 bits per heavy atom. The average molecular weight is 493 g/mol. The summed E-state index contributed by atoms with van der Waals surface area (Å²) >= 11 is 0. The smallest absolute Gasteiger partial charge is 0.332 e. The molecule has 2 rings (SSSR count). The summed E-state index contributed by atoms with van der Waals surface area (Å²) in [7, 11) is 0. The van der Waals surface area contributed by atoms with Gasteiger partial charge in [-0.25, -0.2) is 4.79 Å². The lowest BCUT2D eigenvalue weighted by Gasteiger charge is -2.28. The third-order valence-electron chi connectivity index (χ3n) is 5.55. The molecule has 11 heteroatoms. The van der Waals surface area contributed by atoms with Gasteiger partial charge in [-0.2, -0.15) is 0 Å². The molecule has 0 aliphatic carbocycles. The standard InChI is InChI=1S/C24H32N2O9/c1-6-15-21(35-18(28)10-12(2)3)14(5)34-24(32)19(13(4)33-23(15)31)26-22(30)16-8-7-9-17(20(16)29)25-11-27/h7-9,11-15,19,21,29H,6,10H2,1-5H3,(H,25,27)(H,26,30)/t13-,14+,15+,19-,21+/m1/s1. The number of esters is 3. The van der Waals surface area contributed by atoms with Crippen LogP contribution in [0.3, 0.4) is 0 Å². The third-order valence-corrected chi connectivity index (χ3v) is 5.55. The lowest BCUT2D eigenvalue weighted by atomic mass is 9.95. The maximum absolute atomic E-state index is 13.0. The Balaban J connectivity index is 2.30. The zero-order valence-corrected chi connectivity index (χ0v) is 20.4. The van der Waals surface area contributed by atoms with E-state index in [1.165, 1.54) is 32.0 Å². The van der Waals surface area contributed by atoms with Crippen LogP contribution in [0.5, 0.6) is 5.75 Å². The van der Waals surface area contributed by atoms with Crippen molar-refractivity contribution in [3.05, 3.63) is 23.8 Å². The predicted octanol–water partition coefficient (Wildman–Crippen LogP) is 1.92. The van der Waals surface area contributed by atoms with Gasteiger partial charge in [-0.15, -0.1) is 0 Å². The Kier molecular flexibility index (Phi) is 9.61. The number of aromatic hydroxyl groups is 1. The molecule has 2 amide bonds. The van der Waals surface area contributed by atoms with Gasteiger partial charge in [0.2, 0.25) is 6.41 Å². The zero-order valence-electron chi connectivity index (χ0n) is 20.4. The number of cyclic esters (lactones) is 2. The van der Waals surface area contributed by atoms with Gasteiger partial charge >= 0.3 is 17.9 Å². The number of hydrogen-bond acceptors (Lipinski definition) is 9. The molecule has 5 atom stereocenters. The number of amides is 2. The molecule has 0 unspecified atom stereocenters. The van der Waals surface area contributed by atoms with E-state index in [1.807, 2.05) is 13.8 Å². The topological polar surface area (TPSA) is 157 Å². The van der Waals surface area contributed by atoms with Crippen LogP contribution in [0.1, 0.15) is 57.8 Å². The van der Waals surface area contributed by atoms with Crippen LogP contribution >= 0.6 is 0 Å². The second-order valence-electron chi connectivity index (χ2n) is 8.77. The maximum Gasteiger partial charge on any atom is 0.332 e. The average Bonchev–Trinajstić information content (AvgIpc) is 2.79. The van der Waals surface area contributed by atoms with Crippen LogP contribution in [0.25, 0.3) is 0 Å². The summed E-state index contributed by atoms with van der Waals surface area (Å²) in [6.45, 7) is 8.32. The number of benzene rings is 1. The lowest BCUT2D eigenvalue weighted by Crippen LogP contribution is -2.50. The first kappa shape index (κ1) is 27.6. The second kappa shape index (κ2) is 12.2. The van der Waals surface area contributed by atoms with Crippen molar-refractivity contribution in [1.82, 2.24) is 5.32 Å². The molecule has 1 saturated heterocycles. The number of ether oxygens (including phenoxy) is 3. The monoisotopic (exact) mass is 492 g/mol. The van der Waals surface area contributed by atoms with E-state index in [2.05, 4.69) is 10.6 Å². The number of phenolic OH excluding ortho intramolecular Hbond substituents is 1. The van der Waals surface area contributed by atoms with E-state index >= 15 is 0 Å². The fraction of sp³-hybridized carbons (Fsp3) is 0.542. The van der Waals surface area contributed by atoms with Gasteiger partial charge in [-0.05, 0) is 38.3 Å². The van der Waals surface area contributed by atoms with E-state index in [0.717, 1.165) is 0 Å². The van der Waals surface area contributed by atoms with Gasteiger partial charge in [0, 0.05) is 6.42 Å². The number of phenols is 1. The van der Waals surface area contributed by atoms with Gasteiger partial charge in [0.15, 0.2) is 17.9 Å². The van der Waals surface area contributed by atoms with Crippen molar-refractivity contribution in [2.75, 3.05) is 5.32 Å². The molecule has 3 N–H and O–H groups in total. The van der Waals surface area contributed by atoms with Crippen LogP contribution in [0.4, 0.5) is 5.69 Å². The van der Waals surface area contributed by atoms with Crippen molar-refractivity contribution in [2.24, 2.45) is 11.8 Å². The van der Waals surface area contributed by atoms with Gasteiger partial charge in [0.1, 0.15) is 12.2 Å². The first-order valence-electron chi connectivity index (χ1n) is 11.4. The number of nitrogens with one attached hydrogen (secondary N) is 2. The first-order chi connectivity index (χ1) is 16.5. The van der Waals surface area contributed by atoms with E-state index in [-0.39, 0.29) is 30.0 Å². The molecule has 1 fully saturated rings. The minimum absolute atomic E-state index is 0.00497. The number of anilines is 1. The SMILES string of the molecule is CC[C@@H]1C(=O)O[C@H](C)[C@@H](NC(=O)c2cccc(NC=O)c2O)C(=O)O[C@@H](C)[C@@H]1OC(=O)CC(C)C. The normalized spacial score (nSPS) is 24.8. The Bertz CT molecular complexity index is 962. The summed E-state index contributed by atoms with van der Waals surface area (Å²) in [6.07, 6.45) is -2.49. The summed E-state index contributed by atoms with van der Waals surface area (Å²) in [5.74, 6) is -4.37. The Hall–Kier alpha value is -3.63. The fourth-order valence-corrected chi connectivity index (χ4v) is 3.73.